The number of fused-ring (bicyclic) bond motifs is 1. The van der Waals surface area contributed by atoms with Gasteiger partial charge in [-0.05, 0) is 30.6 Å². The van der Waals surface area contributed by atoms with Crippen molar-refractivity contribution in [3.05, 3.63) is 0 Å². The molecule has 2 aliphatic rings. The molecule has 74 valence electrons. The lowest BCUT2D eigenvalue weighted by molar-refractivity contribution is -0.135. The van der Waals surface area contributed by atoms with Crippen LogP contribution in [0.25, 0.3) is 0 Å². The molecule has 13 heavy (non-hydrogen) atoms. The Hall–Kier alpha value is -0.330. The number of Topliss-reactive ketones (excluding diaryl/α,β-unsaturated/α-hetero) is 1. The molecule has 0 aromatic rings. The largest absolute Gasteiger partial charge is 0.299 e. The summed E-state index contributed by atoms with van der Waals surface area (Å²) in [5.41, 5.74) is 0.355. The lowest BCUT2D eigenvalue weighted by Gasteiger charge is -2.48. The van der Waals surface area contributed by atoms with E-state index in [-0.39, 0.29) is 0 Å². The van der Waals surface area contributed by atoms with Crippen LogP contribution in [0.3, 0.4) is 0 Å². The Morgan fingerprint density at radius 1 is 1.31 bits per heavy atom. The normalized spacial score (nSPS) is 45.8. The van der Waals surface area contributed by atoms with E-state index < -0.39 is 0 Å². The molecule has 1 nitrogen and oxygen atoms in total. The van der Waals surface area contributed by atoms with Gasteiger partial charge >= 0.3 is 0 Å². The summed E-state index contributed by atoms with van der Waals surface area (Å²) in [4.78, 5) is 11.8. The molecule has 2 saturated carbocycles. The number of ketones is 1. The fourth-order valence-corrected chi connectivity index (χ4v) is 3.40. The zero-order chi connectivity index (χ0) is 9.47. The summed E-state index contributed by atoms with van der Waals surface area (Å²) in [5, 5.41) is 0. The second-order valence-corrected chi connectivity index (χ2v) is 5.21. The molecule has 0 radical (unpaired) electrons. The molecule has 2 rings (SSSR count). The first-order valence-electron chi connectivity index (χ1n) is 5.67. The van der Waals surface area contributed by atoms with Crippen molar-refractivity contribution in [3.8, 4) is 0 Å². The average Bonchev–Trinajstić information content (AvgIpc) is 2.08. The Labute approximate surface area is 80.9 Å². The molecule has 0 spiro atoms. The monoisotopic (exact) mass is 180 g/mol. The van der Waals surface area contributed by atoms with Crippen LogP contribution in [-0.2, 0) is 4.79 Å². The maximum atomic E-state index is 11.8. The van der Waals surface area contributed by atoms with Crippen molar-refractivity contribution in [2.24, 2.45) is 17.3 Å². The van der Waals surface area contributed by atoms with Gasteiger partial charge in [-0.25, -0.2) is 0 Å². The van der Waals surface area contributed by atoms with E-state index in [1.165, 1.54) is 25.7 Å². The van der Waals surface area contributed by atoms with E-state index in [0.717, 1.165) is 18.8 Å². The van der Waals surface area contributed by atoms with Gasteiger partial charge in [-0.1, -0.05) is 26.7 Å². The zero-order valence-electron chi connectivity index (χ0n) is 8.81. The predicted octanol–water partition coefficient (Wildman–Crippen LogP) is 3.18. The summed E-state index contributed by atoms with van der Waals surface area (Å²) < 4.78 is 0. The molecule has 0 N–H and O–H groups in total. The highest BCUT2D eigenvalue weighted by Gasteiger charge is 2.46. The first-order valence-corrected chi connectivity index (χ1v) is 5.67. The fraction of sp³-hybridized carbons (Fsp3) is 0.917. The Balaban J connectivity index is 2.24. The minimum Gasteiger partial charge on any atom is -0.299 e. The van der Waals surface area contributed by atoms with Gasteiger partial charge in [0.25, 0.3) is 0 Å². The second-order valence-electron chi connectivity index (χ2n) is 5.21. The number of carbonyl (C=O) groups is 1. The summed E-state index contributed by atoms with van der Waals surface area (Å²) in [6, 6.07) is 0. The van der Waals surface area contributed by atoms with Gasteiger partial charge in [-0.15, -0.1) is 0 Å². The first-order chi connectivity index (χ1) is 6.14. The molecule has 0 heterocycles. The van der Waals surface area contributed by atoms with Crippen LogP contribution in [0.15, 0.2) is 0 Å². The van der Waals surface area contributed by atoms with Crippen LogP contribution in [-0.4, -0.2) is 5.78 Å². The predicted molar refractivity (Wildman–Crippen MR) is 53.5 cm³/mol. The summed E-state index contributed by atoms with van der Waals surface area (Å²) in [5.74, 6) is 1.72. The van der Waals surface area contributed by atoms with Crippen LogP contribution < -0.4 is 0 Å². The van der Waals surface area contributed by atoms with E-state index >= 15 is 0 Å². The van der Waals surface area contributed by atoms with Gasteiger partial charge in [0, 0.05) is 12.3 Å². The quantitative estimate of drug-likeness (QED) is 0.559. The molecular weight excluding hydrogens is 160 g/mol. The van der Waals surface area contributed by atoms with E-state index in [0.29, 0.717) is 17.1 Å². The Bertz CT molecular complexity index is 221. The van der Waals surface area contributed by atoms with Gasteiger partial charge in [0.1, 0.15) is 5.78 Å². The summed E-state index contributed by atoms with van der Waals surface area (Å²) in [6.45, 7) is 4.68. The molecule has 0 amide bonds. The van der Waals surface area contributed by atoms with Crippen LogP contribution in [0.1, 0.15) is 52.4 Å². The van der Waals surface area contributed by atoms with Crippen LogP contribution in [0.2, 0.25) is 0 Å². The van der Waals surface area contributed by atoms with E-state index in [9.17, 15) is 4.79 Å². The molecule has 3 atom stereocenters. The standard InChI is InChI=1S/C12H20O/c1-9-5-3-6-10-11(13)7-4-8-12(9,10)2/h9-10H,3-8H2,1-2H3/t9-,10?,12?/m0/s1. The highest BCUT2D eigenvalue weighted by Crippen LogP contribution is 2.51. The van der Waals surface area contributed by atoms with E-state index in [1.807, 2.05) is 0 Å². The molecule has 0 aromatic heterocycles. The maximum absolute atomic E-state index is 11.8. The highest BCUT2D eigenvalue weighted by atomic mass is 16.1. The number of carbonyl (C=O) groups excluding carboxylic acids is 1. The third-order valence-corrected chi connectivity index (χ3v) is 4.58. The minimum atomic E-state index is 0.355. The molecule has 2 unspecified atom stereocenters. The summed E-state index contributed by atoms with van der Waals surface area (Å²) >= 11 is 0. The molecule has 0 bridgehead atoms. The van der Waals surface area contributed by atoms with Crippen molar-refractivity contribution in [1.82, 2.24) is 0 Å². The van der Waals surface area contributed by atoms with Gasteiger partial charge in [0.15, 0.2) is 0 Å². The number of hydrogen-bond acceptors (Lipinski definition) is 1. The van der Waals surface area contributed by atoms with Crippen LogP contribution in [0.4, 0.5) is 0 Å². The van der Waals surface area contributed by atoms with Crippen LogP contribution in [0.5, 0.6) is 0 Å². The minimum absolute atomic E-state index is 0.355. The van der Waals surface area contributed by atoms with E-state index in [2.05, 4.69) is 13.8 Å². The van der Waals surface area contributed by atoms with Crippen molar-refractivity contribution in [2.45, 2.75) is 52.4 Å². The third-order valence-electron chi connectivity index (χ3n) is 4.58. The van der Waals surface area contributed by atoms with Gasteiger partial charge < -0.3 is 0 Å². The Morgan fingerprint density at radius 2 is 2.08 bits per heavy atom. The Kier molecular flexibility index (Phi) is 2.21. The van der Waals surface area contributed by atoms with E-state index in [4.69, 9.17) is 0 Å². The van der Waals surface area contributed by atoms with Crippen molar-refractivity contribution in [2.75, 3.05) is 0 Å². The number of hydrogen-bond donors (Lipinski definition) is 0. The average molecular weight is 180 g/mol. The van der Waals surface area contributed by atoms with Gasteiger partial charge in [-0.2, -0.15) is 0 Å². The topological polar surface area (TPSA) is 17.1 Å². The molecule has 0 aliphatic heterocycles. The SMILES string of the molecule is C[C@H]1CCCC2C(=O)CCCC21C. The van der Waals surface area contributed by atoms with Crippen molar-refractivity contribution >= 4 is 5.78 Å². The van der Waals surface area contributed by atoms with Crippen LogP contribution in [0, 0.1) is 17.3 Å². The second kappa shape index (κ2) is 3.11. The molecule has 1 heteroatoms. The third kappa shape index (κ3) is 1.33. The first kappa shape index (κ1) is 9.23. The maximum Gasteiger partial charge on any atom is 0.136 e. The summed E-state index contributed by atoms with van der Waals surface area (Å²) in [6.07, 6.45) is 7.04. The molecule has 2 fully saturated rings. The molecule has 2 aliphatic carbocycles. The summed E-state index contributed by atoms with van der Waals surface area (Å²) in [7, 11) is 0. The molecule has 0 saturated heterocycles. The van der Waals surface area contributed by atoms with Crippen LogP contribution >= 0.6 is 0 Å². The van der Waals surface area contributed by atoms with Gasteiger partial charge in [0.05, 0.1) is 0 Å². The fourth-order valence-electron chi connectivity index (χ4n) is 3.40. The molecule has 0 aromatic carbocycles. The lowest BCUT2D eigenvalue weighted by Crippen LogP contribution is -2.44. The smallest absolute Gasteiger partial charge is 0.136 e. The lowest BCUT2D eigenvalue weighted by atomic mass is 9.56. The van der Waals surface area contributed by atoms with Crippen molar-refractivity contribution < 1.29 is 4.79 Å². The van der Waals surface area contributed by atoms with Crippen molar-refractivity contribution in [1.29, 1.82) is 0 Å². The van der Waals surface area contributed by atoms with Gasteiger partial charge in [-0.3, -0.25) is 4.79 Å². The van der Waals surface area contributed by atoms with Crippen molar-refractivity contribution in [3.63, 3.8) is 0 Å². The Morgan fingerprint density at radius 3 is 2.77 bits per heavy atom. The zero-order valence-corrected chi connectivity index (χ0v) is 8.81. The van der Waals surface area contributed by atoms with Gasteiger partial charge in [0.2, 0.25) is 0 Å². The molecular formula is C12H20O. The van der Waals surface area contributed by atoms with E-state index in [1.54, 1.807) is 0 Å². The number of rotatable bonds is 0. The highest BCUT2D eigenvalue weighted by molar-refractivity contribution is 5.82.